The van der Waals surface area contributed by atoms with Gasteiger partial charge in [0.05, 0.1) is 0 Å². The van der Waals surface area contributed by atoms with Crippen LogP contribution in [0.5, 0.6) is 0 Å². The molecule has 0 aromatic carbocycles. The molecule has 3 nitrogen and oxygen atoms in total. The van der Waals surface area contributed by atoms with Gasteiger partial charge in [0.1, 0.15) is 0 Å². The van der Waals surface area contributed by atoms with Gasteiger partial charge in [-0.05, 0) is 37.9 Å². The lowest BCUT2D eigenvalue weighted by Crippen LogP contribution is -2.42. The molecule has 78 valence electrons. The molecule has 0 radical (unpaired) electrons. The maximum absolute atomic E-state index is 5.04. The summed E-state index contributed by atoms with van der Waals surface area (Å²) in [4.78, 5) is 2.37. The summed E-state index contributed by atoms with van der Waals surface area (Å²) >= 11 is 6.62. The molecule has 14 heavy (non-hydrogen) atoms. The molecule has 2 unspecified atom stereocenters. The minimum atomic E-state index is 0.581. The molecule has 0 bridgehead atoms. The van der Waals surface area contributed by atoms with Crippen LogP contribution < -0.4 is 4.90 Å². The van der Waals surface area contributed by atoms with Crippen molar-refractivity contribution in [3.63, 3.8) is 0 Å². The Morgan fingerprint density at radius 1 is 1.57 bits per heavy atom. The average molecular weight is 229 g/mol. The number of rotatable bonds is 1. The fourth-order valence-electron chi connectivity index (χ4n) is 1.95. The molecule has 0 aliphatic carbocycles. The normalized spacial score (nSPS) is 28.0. The molecule has 1 N–H and O–H groups in total. The van der Waals surface area contributed by atoms with Crippen molar-refractivity contribution >= 4 is 28.7 Å². The van der Waals surface area contributed by atoms with Crippen molar-refractivity contribution in [2.24, 2.45) is 5.92 Å². The van der Waals surface area contributed by atoms with E-state index in [0.717, 1.165) is 21.5 Å². The minimum absolute atomic E-state index is 0.581. The Morgan fingerprint density at radius 2 is 2.36 bits per heavy atom. The lowest BCUT2D eigenvalue weighted by molar-refractivity contribution is 0.363. The smallest absolute Gasteiger partial charge is 0.207 e. The van der Waals surface area contributed by atoms with Crippen molar-refractivity contribution in [1.82, 2.24) is 10.2 Å². The molecule has 1 aromatic rings. The third-order valence-electron chi connectivity index (χ3n) is 3.05. The van der Waals surface area contributed by atoms with Gasteiger partial charge in [-0.2, -0.15) is 0 Å². The first kappa shape index (κ1) is 10.1. The second-order valence-corrected chi connectivity index (χ2v) is 5.59. The predicted molar refractivity (Wildman–Crippen MR) is 62.5 cm³/mol. The lowest BCUT2D eigenvalue weighted by atomic mass is 9.93. The molecule has 5 heteroatoms. The topological polar surface area (TPSA) is 31.9 Å². The highest BCUT2D eigenvalue weighted by Gasteiger charge is 2.26. The van der Waals surface area contributed by atoms with Crippen LogP contribution in [-0.4, -0.2) is 22.8 Å². The molecule has 1 aliphatic rings. The second kappa shape index (κ2) is 3.98. The number of anilines is 1. The van der Waals surface area contributed by atoms with E-state index in [1.807, 2.05) is 0 Å². The van der Waals surface area contributed by atoms with E-state index in [1.165, 1.54) is 12.8 Å². The van der Waals surface area contributed by atoms with Gasteiger partial charge in [0.25, 0.3) is 0 Å². The quantitative estimate of drug-likeness (QED) is 0.751. The van der Waals surface area contributed by atoms with Gasteiger partial charge in [0.15, 0.2) is 3.95 Å². The van der Waals surface area contributed by atoms with E-state index in [2.05, 4.69) is 28.9 Å². The maximum atomic E-state index is 5.04. The van der Waals surface area contributed by atoms with E-state index in [0.29, 0.717) is 6.04 Å². The largest absolute Gasteiger partial charge is 0.344 e. The molecule has 2 heterocycles. The van der Waals surface area contributed by atoms with E-state index in [-0.39, 0.29) is 0 Å². The molecule has 2 rings (SSSR count). The number of aromatic nitrogens is 2. The second-order valence-electron chi connectivity index (χ2n) is 3.95. The molecule has 1 aliphatic heterocycles. The Labute approximate surface area is 93.1 Å². The third kappa shape index (κ3) is 1.83. The molecular formula is C9H15N3S2. The summed E-state index contributed by atoms with van der Waals surface area (Å²) in [6.45, 7) is 5.69. The molecule has 0 saturated carbocycles. The highest BCUT2D eigenvalue weighted by Crippen LogP contribution is 2.29. The zero-order valence-corrected chi connectivity index (χ0v) is 10.1. The van der Waals surface area contributed by atoms with Gasteiger partial charge >= 0.3 is 0 Å². The van der Waals surface area contributed by atoms with Crippen molar-refractivity contribution in [2.75, 3.05) is 11.4 Å². The Balaban J connectivity index is 2.21. The molecule has 1 fully saturated rings. The number of hydrogen-bond acceptors (Lipinski definition) is 4. The minimum Gasteiger partial charge on any atom is -0.344 e. The Hall–Kier alpha value is -0.420. The Morgan fingerprint density at radius 3 is 3.00 bits per heavy atom. The number of aromatic amines is 1. The lowest BCUT2D eigenvalue weighted by Gasteiger charge is -2.37. The molecule has 0 spiro atoms. The van der Waals surface area contributed by atoms with Crippen LogP contribution >= 0.6 is 23.6 Å². The van der Waals surface area contributed by atoms with Crippen LogP contribution in [0.4, 0.5) is 5.13 Å². The highest BCUT2D eigenvalue weighted by molar-refractivity contribution is 7.73. The SMILES string of the molecule is CC1CCCN(c2n[nH]c(=S)s2)C1C. The van der Waals surface area contributed by atoms with E-state index in [4.69, 9.17) is 12.2 Å². The summed E-state index contributed by atoms with van der Waals surface area (Å²) in [5.74, 6) is 0.751. The third-order valence-corrected chi connectivity index (χ3v) is 4.17. The number of nitrogens with one attached hydrogen (secondary N) is 1. The van der Waals surface area contributed by atoms with Crippen molar-refractivity contribution in [3.8, 4) is 0 Å². The number of H-pyrrole nitrogens is 1. The first-order valence-corrected chi connectivity index (χ1v) is 6.23. The Bertz CT molecular complexity index is 357. The summed E-state index contributed by atoms with van der Waals surface area (Å²) < 4.78 is 0.769. The fraction of sp³-hybridized carbons (Fsp3) is 0.778. The van der Waals surface area contributed by atoms with E-state index < -0.39 is 0 Å². The van der Waals surface area contributed by atoms with E-state index in [9.17, 15) is 0 Å². The van der Waals surface area contributed by atoms with Crippen molar-refractivity contribution in [2.45, 2.75) is 32.7 Å². The average Bonchev–Trinajstić information content (AvgIpc) is 2.57. The monoisotopic (exact) mass is 229 g/mol. The van der Waals surface area contributed by atoms with E-state index in [1.54, 1.807) is 11.3 Å². The highest BCUT2D eigenvalue weighted by atomic mass is 32.1. The van der Waals surface area contributed by atoms with Gasteiger partial charge in [-0.15, -0.1) is 5.10 Å². The van der Waals surface area contributed by atoms with Crippen LogP contribution in [0.3, 0.4) is 0 Å². The fourth-order valence-corrected chi connectivity index (χ4v) is 2.94. The first-order chi connectivity index (χ1) is 6.68. The van der Waals surface area contributed by atoms with Gasteiger partial charge in [-0.1, -0.05) is 18.3 Å². The zero-order valence-electron chi connectivity index (χ0n) is 8.49. The van der Waals surface area contributed by atoms with Gasteiger partial charge in [-0.3, -0.25) is 5.10 Å². The van der Waals surface area contributed by atoms with Gasteiger partial charge < -0.3 is 4.90 Å². The summed E-state index contributed by atoms with van der Waals surface area (Å²) in [6, 6.07) is 0.581. The van der Waals surface area contributed by atoms with Gasteiger partial charge in [0.2, 0.25) is 5.13 Å². The van der Waals surface area contributed by atoms with Crippen molar-refractivity contribution in [3.05, 3.63) is 3.95 Å². The van der Waals surface area contributed by atoms with Crippen LogP contribution in [-0.2, 0) is 0 Å². The standard InChI is InChI=1S/C9H15N3S2/c1-6-4-3-5-12(7(6)2)8-10-11-9(13)14-8/h6-7H,3-5H2,1-2H3,(H,11,13). The van der Waals surface area contributed by atoms with Crippen LogP contribution in [0.25, 0.3) is 0 Å². The summed E-state index contributed by atoms with van der Waals surface area (Å²) in [5, 5.41) is 8.13. The number of hydrogen-bond donors (Lipinski definition) is 1. The molecular weight excluding hydrogens is 214 g/mol. The molecule has 1 saturated heterocycles. The molecule has 1 aromatic heterocycles. The van der Waals surface area contributed by atoms with Gasteiger partial charge in [-0.25, -0.2) is 0 Å². The molecule has 0 amide bonds. The van der Waals surface area contributed by atoms with Crippen LogP contribution in [0.15, 0.2) is 0 Å². The first-order valence-electron chi connectivity index (χ1n) is 5.00. The summed E-state index contributed by atoms with van der Waals surface area (Å²) in [5.41, 5.74) is 0. The van der Waals surface area contributed by atoms with Crippen LogP contribution in [0, 0.1) is 9.87 Å². The molecule has 2 atom stereocenters. The Kier molecular flexibility index (Phi) is 2.88. The summed E-state index contributed by atoms with van der Waals surface area (Å²) in [7, 11) is 0. The van der Waals surface area contributed by atoms with Crippen molar-refractivity contribution in [1.29, 1.82) is 0 Å². The van der Waals surface area contributed by atoms with Crippen molar-refractivity contribution < 1.29 is 0 Å². The summed E-state index contributed by atoms with van der Waals surface area (Å²) in [6.07, 6.45) is 2.59. The maximum Gasteiger partial charge on any atom is 0.207 e. The number of nitrogens with zero attached hydrogens (tertiary/aromatic N) is 2. The van der Waals surface area contributed by atoms with Crippen LogP contribution in [0.2, 0.25) is 0 Å². The van der Waals surface area contributed by atoms with E-state index >= 15 is 0 Å². The predicted octanol–water partition coefficient (Wildman–Crippen LogP) is 2.83. The van der Waals surface area contributed by atoms with Gasteiger partial charge in [0, 0.05) is 12.6 Å². The zero-order chi connectivity index (χ0) is 10.1. The number of piperidine rings is 1. The van der Waals surface area contributed by atoms with Crippen LogP contribution in [0.1, 0.15) is 26.7 Å².